The fraction of sp³-hybridized carbons (Fsp3) is 0.421. The van der Waals surface area contributed by atoms with E-state index in [1.54, 1.807) is 11.8 Å². The van der Waals surface area contributed by atoms with Gasteiger partial charge < -0.3 is 10.1 Å². The van der Waals surface area contributed by atoms with Gasteiger partial charge in [-0.3, -0.25) is 9.78 Å². The standard InChI is InChI=1S/C19H22N2O3S/c1-24-19(23)16(9-10-25-2)21-18(22)14-11-17(12-7-8-12)20-15-6-4-3-5-13(14)15/h3-6,11-12,16H,7-10H2,1-2H3,(H,21,22)/t16-/m0/s1. The van der Waals surface area contributed by atoms with Gasteiger partial charge in [-0.1, -0.05) is 18.2 Å². The number of hydrogen-bond donors (Lipinski definition) is 1. The van der Waals surface area contributed by atoms with E-state index in [4.69, 9.17) is 4.74 Å². The number of esters is 1. The first kappa shape index (κ1) is 17.7. The average Bonchev–Trinajstić information content (AvgIpc) is 3.48. The molecule has 1 aliphatic carbocycles. The molecule has 1 aromatic heterocycles. The van der Waals surface area contributed by atoms with Gasteiger partial charge in [0.05, 0.1) is 18.2 Å². The summed E-state index contributed by atoms with van der Waals surface area (Å²) in [5, 5.41) is 3.65. The molecule has 0 unspecified atom stereocenters. The van der Waals surface area contributed by atoms with Gasteiger partial charge in [0.1, 0.15) is 6.04 Å². The van der Waals surface area contributed by atoms with Gasteiger partial charge in [0, 0.05) is 17.0 Å². The number of para-hydroxylation sites is 1. The Morgan fingerprint density at radius 2 is 2.12 bits per heavy atom. The Kier molecular flexibility index (Phi) is 5.58. The molecule has 0 saturated heterocycles. The van der Waals surface area contributed by atoms with Gasteiger partial charge in [-0.2, -0.15) is 11.8 Å². The van der Waals surface area contributed by atoms with E-state index in [0.717, 1.165) is 35.2 Å². The summed E-state index contributed by atoms with van der Waals surface area (Å²) in [5.74, 6) is 0.550. The summed E-state index contributed by atoms with van der Waals surface area (Å²) < 4.78 is 4.83. The van der Waals surface area contributed by atoms with Crippen molar-refractivity contribution in [2.45, 2.75) is 31.2 Å². The quantitative estimate of drug-likeness (QED) is 0.770. The number of aromatic nitrogens is 1. The van der Waals surface area contributed by atoms with Crippen LogP contribution in [0.25, 0.3) is 10.9 Å². The fourth-order valence-corrected chi connectivity index (χ4v) is 3.31. The molecule has 1 heterocycles. The van der Waals surface area contributed by atoms with Crippen LogP contribution in [0.15, 0.2) is 30.3 Å². The summed E-state index contributed by atoms with van der Waals surface area (Å²) in [6.45, 7) is 0. The van der Waals surface area contributed by atoms with Gasteiger partial charge in [-0.25, -0.2) is 4.79 Å². The Morgan fingerprint density at radius 1 is 1.36 bits per heavy atom. The number of amides is 1. The number of carbonyl (C=O) groups excluding carboxylic acids is 2. The van der Waals surface area contributed by atoms with E-state index in [1.165, 1.54) is 7.11 Å². The Labute approximate surface area is 151 Å². The number of thioether (sulfide) groups is 1. The lowest BCUT2D eigenvalue weighted by molar-refractivity contribution is -0.142. The zero-order valence-electron chi connectivity index (χ0n) is 14.5. The second-order valence-corrected chi connectivity index (χ2v) is 7.20. The third-order valence-corrected chi connectivity index (χ3v) is 5.02. The summed E-state index contributed by atoms with van der Waals surface area (Å²) in [7, 11) is 1.34. The molecular formula is C19H22N2O3S. The normalized spacial score (nSPS) is 15.0. The summed E-state index contributed by atoms with van der Waals surface area (Å²) in [4.78, 5) is 29.6. The summed E-state index contributed by atoms with van der Waals surface area (Å²) >= 11 is 1.63. The maximum absolute atomic E-state index is 12.9. The number of nitrogens with zero attached hydrogens (tertiary/aromatic N) is 1. The van der Waals surface area contributed by atoms with E-state index in [-0.39, 0.29) is 5.91 Å². The zero-order chi connectivity index (χ0) is 17.8. The van der Waals surface area contributed by atoms with E-state index >= 15 is 0 Å². The van der Waals surface area contributed by atoms with Gasteiger partial charge in [0.15, 0.2) is 0 Å². The van der Waals surface area contributed by atoms with E-state index in [0.29, 0.717) is 17.9 Å². The van der Waals surface area contributed by atoms with Crippen LogP contribution in [-0.2, 0) is 9.53 Å². The number of nitrogens with one attached hydrogen (secondary N) is 1. The van der Waals surface area contributed by atoms with Crippen molar-refractivity contribution in [1.29, 1.82) is 0 Å². The predicted octanol–water partition coefficient (Wildman–Crippen LogP) is 3.14. The van der Waals surface area contributed by atoms with Crippen molar-refractivity contribution in [3.05, 3.63) is 41.6 Å². The van der Waals surface area contributed by atoms with E-state index in [2.05, 4.69) is 10.3 Å². The number of benzene rings is 1. The number of fused-ring (bicyclic) bond motifs is 1. The Bertz CT molecular complexity index is 789. The topological polar surface area (TPSA) is 68.3 Å². The molecule has 0 aliphatic heterocycles. The predicted molar refractivity (Wildman–Crippen MR) is 100.0 cm³/mol. The van der Waals surface area contributed by atoms with Crippen molar-refractivity contribution in [1.82, 2.24) is 10.3 Å². The van der Waals surface area contributed by atoms with E-state index < -0.39 is 12.0 Å². The molecule has 0 spiro atoms. The van der Waals surface area contributed by atoms with Gasteiger partial charge in [0.25, 0.3) is 5.91 Å². The minimum atomic E-state index is -0.638. The van der Waals surface area contributed by atoms with Crippen LogP contribution in [0.2, 0.25) is 0 Å². The first-order valence-corrected chi connectivity index (χ1v) is 9.80. The number of rotatable bonds is 7. The molecule has 1 amide bonds. The van der Waals surface area contributed by atoms with Crippen molar-refractivity contribution in [2.75, 3.05) is 19.1 Å². The Morgan fingerprint density at radius 3 is 2.80 bits per heavy atom. The Hall–Kier alpha value is -2.08. The SMILES string of the molecule is COC(=O)[C@H](CCSC)NC(=O)c1cc(C2CC2)nc2ccccc12. The number of ether oxygens (including phenoxy) is 1. The third kappa shape index (κ3) is 4.12. The molecule has 25 heavy (non-hydrogen) atoms. The second kappa shape index (κ2) is 7.87. The maximum Gasteiger partial charge on any atom is 0.328 e. The van der Waals surface area contributed by atoms with Crippen LogP contribution in [0.4, 0.5) is 0 Å². The molecule has 2 aromatic rings. The molecule has 0 bridgehead atoms. The van der Waals surface area contributed by atoms with Gasteiger partial charge in [0.2, 0.25) is 0 Å². The maximum atomic E-state index is 12.9. The van der Waals surface area contributed by atoms with Crippen molar-refractivity contribution in [2.24, 2.45) is 0 Å². The van der Waals surface area contributed by atoms with Gasteiger partial charge in [-0.15, -0.1) is 0 Å². The highest BCUT2D eigenvalue weighted by Gasteiger charge is 2.28. The number of pyridine rings is 1. The molecule has 1 N–H and O–H groups in total. The molecular weight excluding hydrogens is 336 g/mol. The van der Waals surface area contributed by atoms with Crippen molar-refractivity contribution in [3.8, 4) is 0 Å². The van der Waals surface area contributed by atoms with E-state index in [9.17, 15) is 9.59 Å². The first-order valence-electron chi connectivity index (χ1n) is 8.41. The molecule has 5 nitrogen and oxygen atoms in total. The molecule has 1 aliphatic rings. The van der Waals surface area contributed by atoms with Crippen molar-refractivity contribution >= 4 is 34.5 Å². The van der Waals surface area contributed by atoms with Crippen LogP contribution in [-0.4, -0.2) is 42.0 Å². The van der Waals surface area contributed by atoms with Crippen LogP contribution in [0.1, 0.15) is 41.2 Å². The summed E-state index contributed by atoms with van der Waals surface area (Å²) in [5.41, 5.74) is 2.35. The fourth-order valence-electron chi connectivity index (χ4n) is 2.83. The molecule has 132 valence electrons. The molecule has 1 atom stereocenters. The third-order valence-electron chi connectivity index (χ3n) is 4.38. The lowest BCUT2D eigenvalue weighted by Crippen LogP contribution is -2.42. The van der Waals surface area contributed by atoms with E-state index in [1.807, 2.05) is 36.6 Å². The summed E-state index contributed by atoms with van der Waals surface area (Å²) in [6, 6.07) is 8.86. The van der Waals surface area contributed by atoms with Crippen molar-refractivity contribution < 1.29 is 14.3 Å². The number of hydrogen-bond acceptors (Lipinski definition) is 5. The van der Waals surface area contributed by atoms with Gasteiger partial charge in [-0.05, 0) is 43.4 Å². The summed E-state index contributed by atoms with van der Waals surface area (Å²) in [6.07, 6.45) is 4.74. The molecule has 3 rings (SSSR count). The lowest BCUT2D eigenvalue weighted by atomic mass is 10.0. The van der Waals surface area contributed by atoms with Crippen LogP contribution >= 0.6 is 11.8 Å². The first-order chi connectivity index (χ1) is 12.1. The molecule has 6 heteroatoms. The molecule has 0 radical (unpaired) electrons. The monoisotopic (exact) mass is 358 g/mol. The molecule has 1 aromatic carbocycles. The zero-order valence-corrected chi connectivity index (χ0v) is 15.3. The molecule has 1 saturated carbocycles. The van der Waals surface area contributed by atoms with Crippen LogP contribution in [0, 0.1) is 0 Å². The van der Waals surface area contributed by atoms with Crippen LogP contribution in [0.3, 0.4) is 0 Å². The molecule has 1 fully saturated rings. The average molecular weight is 358 g/mol. The number of carbonyl (C=O) groups is 2. The highest BCUT2D eigenvalue weighted by Crippen LogP contribution is 2.40. The lowest BCUT2D eigenvalue weighted by Gasteiger charge is -2.17. The minimum Gasteiger partial charge on any atom is -0.467 e. The Balaban J connectivity index is 1.91. The second-order valence-electron chi connectivity index (χ2n) is 6.22. The highest BCUT2D eigenvalue weighted by molar-refractivity contribution is 7.98. The van der Waals surface area contributed by atoms with Gasteiger partial charge >= 0.3 is 5.97 Å². The largest absolute Gasteiger partial charge is 0.467 e. The number of methoxy groups -OCH3 is 1. The minimum absolute atomic E-state index is 0.253. The smallest absolute Gasteiger partial charge is 0.328 e. The van der Waals surface area contributed by atoms with Crippen molar-refractivity contribution in [3.63, 3.8) is 0 Å². The van der Waals surface area contributed by atoms with Crippen LogP contribution < -0.4 is 5.32 Å². The van der Waals surface area contributed by atoms with Crippen LogP contribution in [0.5, 0.6) is 0 Å². The highest BCUT2D eigenvalue weighted by atomic mass is 32.2.